The third kappa shape index (κ3) is 13.8. The third-order valence-electron chi connectivity index (χ3n) is 16.8. The Balaban J connectivity index is 0.000000217. The molecule has 5 aliphatic heterocycles. The summed E-state index contributed by atoms with van der Waals surface area (Å²) in [6.07, 6.45) is 9.10. The van der Waals surface area contributed by atoms with E-state index in [4.69, 9.17) is 9.97 Å². The number of halogens is 1. The number of likely N-dealkylation sites (tertiary alicyclic amines) is 1. The van der Waals surface area contributed by atoms with Gasteiger partial charge in [0, 0.05) is 41.4 Å². The molecule has 10 atom stereocenters. The molecule has 8 amide bonds. The summed E-state index contributed by atoms with van der Waals surface area (Å²) in [7, 11) is 0. The number of carbonyl (C=O) groups excluding carboxylic acids is 8. The second kappa shape index (κ2) is 25.8. The van der Waals surface area contributed by atoms with Crippen LogP contribution in [-0.2, 0) is 38.4 Å². The van der Waals surface area contributed by atoms with Crippen LogP contribution < -0.4 is 32.1 Å². The molecule has 4 fully saturated rings. The number of hydrogen-bond donors (Lipinski definition) is 6. The van der Waals surface area contributed by atoms with Crippen LogP contribution in [-0.4, -0.2) is 139 Å². The van der Waals surface area contributed by atoms with Gasteiger partial charge in [0.05, 0.1) is 45.3 Å². The van der Waals surface area contributed by atoms with Crippen LogP contribution in [0.1, 0.15) is 137 Å². The maximum atomic E-state index is 13.7. The van der Waals surface area contributed by atoms with Crippen molar-refractivity contribution in [2.24, 2.45) is 22.7 Å². The summed E-state index contributed by atoms with van der Waals surface area (Å²) < 4.78 is 0.929. The number of amides is 8. The number of nitrogens with zero attached hydrogens (tertiary/aromatic N) is 6. The lowest BCUT2D eigenvalue weighted by atomic mass is 9.87. The number of carbonyl (C=O) groups is 8. The molecule has 4 saturated heterocycles. The predicted molar refractivity (Wildman–Crippen MR) is 321 cm³/mol. The van der Waals surface area contributed by atoms with Gasteiger partial charge in [0.25, 0.3) is 11.8 Å². The minimum Gasteiger partial charge on any atom is -0.347 e. The van der Waals surface area contributed by atoms with Crippen molar-refractivity contribution in [2.75, 3.05) is 26.2 Å². The van der Waals surface area contributed by atoms with Crippen molar-refractivity contribution < 1.29 is 38.4 Å². The second-order valence-electron chi connectivity index (χ2n) is 24.1. The lowest BCUT2D eigenvalue weighted by Crippen LogP contribution is -2.62. The summed E-state index contributed by atoms with van der Waals surface area (Å²) in [6, 6.07) is 14.6. The number of benzene rings is 2. The molecule has 20 nitrogen and oxygen atoms in total. The first-order valence-electron chi connectivity index (χ1n) is 29.1. The molecule has 444 valence electrons. The van der Waals surface area contributed by atoms with E-state index in [-0.39, 0.29) is 71.2 Å². The molecule has 0 spiro atoms. The number of aromatic nitrogens is 2. The van der Waals surface area contributed by atoms with E-state index in [2.05, 4.69) is 54.6 Å². The van der Waals surface area contributed by atoms with Crippen LogP contribution in [0.3, 0.4) is 0 Å². The Morgan fingerprint density at radius 1 is 0.759 bits per heavy atom. The van der Waals surface area contributed by atoms with Crippen molar-refractivity contribution in [1.82, 2.24) is 61.9 Å². The molecule has 0 radical (unpaired) electrons. The monoisotopic (exact) mass is 1200 g/mol. The zero-order valence-electron chi connectivity index (χ0n) is 49.4. The van der Waals surface area contributed by atoms with Gasteiger partial charge in [-0.15, -0.1) is 6.58 Å². The van der Waals surface area contributed by atoms with Crippen LogP contribution in [0.2, 0.25) is 0 Å². The van der Waals surface area contributed by atoms with Crippen LogP contribution in [0.4, 0.5) is 0 Å². The van der Waals surface area contributed by atoms with Crippen molar-refractivity contribution >= 4 is 91.1 Å². The summed E-state index contributed by atoms with van der Waals surface area (Å²) in [5.41, 5.74) is 8.65. The summed E-state index contributed by atoms with van der Waals surface area (Å²) in [4.78, 5) is 119. The topological polar surface area (TPSA) is 247 Å². The standard InChI is InChI=1S/C31H41BrN6O4.C31H40N6O4/c1-7-31(6)14-16-37(30(31)42)26(18(2)3)28(40)34-20(5)29(41)38-15-8-9-24(36-38)27(39)33-19(4)23-13-11-21-10-12-22(32)17-25(21)35-23;1-18(2)26-28(39)33-20(4)29(40)37-15-6-7-24(35-37)27(38)32-19(3)23-11-10-22-9-8-21(17-25(22)34-23)12-13-31(5)14-16-36(26)30(31)41/h7,10-13,17-20,24,26,36H,1,8-9,14-16H2,2-6H3,(H,33,39)(H,34,40);8-13,17-20,24,26,35H,6-7,14-16H2,1-5H3,(H,32,38)(H,33,39)/b;13-12+/t2*19-,20+,24+,26+,31?/m11/s1. The van der Waals surface area contributed by atoms with Gasteiger partial charge in [-0.1, -0.05) is 92.2 Å². The van der Waals surface area contributed by atoms with Gasteiger partial charge in [0.2, 0.25) is 35.4 Å². The Morgan fingerprint density at radius 2 is 1.43 bits per heavy atom. The number of pyridine rings is 2. The number of fused-ring (bicyclic) bond motifs is 7. The van der Waals surface area contributed by atoms with Gasteiger partial charge in [0.15, 0.2) is 0 Å². The highest BCUT2D eigenvalue weighted by molar-refractivity contribution is 9.10. The minimum absolute atomic E-state index is 0.104. The molecule has 0 saturated carbocycles. The maximum Gasteiger partial charge on any atom is 0.258 e. The Hall–Kier alpha value is -7.10. The summed E-state index contributed by atoms with van der Waals surface area (Å²) in [6.45, 7) is 23.9. The van der Waals surface area contributed by atoms with E-state index in [0.717, 1.165) is 43.2 Å². The van der Waals surface area contributed by atoms with Gasteiger partial charge in [-0.05, 0) is 128 Å². The van der Waals surface area contributed by atoms with Crippen LogP contribution in [0, 0.1) is 22.7 Å². The Morgan fingerprint density at radius 3 is 2.13 bits per heavy atom. The highest BCUT2D eigenvalue weighted by Gasteiger charge is 2.48. The summed E-state index contributed by atoms with van der Waals surface area (Å²) in [5.74, 6) is -2.39. The maximum absolute atomic E-state index is 13.7. The van der Waals surface area contributed by atoms with Crippen molar-refractivity contribution in [1.29, 1.82) is 0 Å². The lowest BCUT2D eigenvalue weighted by molar-refractivity contribution is -0.146. The van der Waals surface area contributed by atoms with Gasteiger partial charge in [-0.25, -0.2) is 10.9 Å². The van der Waals surface area contributed by atoms with Crippen LogP contribution in [0.5, 0.6) is 0 Å². The van der Waals surface area contributed by atoms with Crippen molar-refractivity contribution in [3.63, 3.8) is 0 Å². The van der Waals surface area contributed by atoms with Crippen LogP contribution in [0.15, 0.2) is 83.9 Å². The first-order valence-corrected chi connectivity index (χ1v) is 29.9. The molecule has 0 aliphatic carbocycles. The predicted octanol–water partition coefficient (Wildman–Crippen LogP) is 6.33. The molecule has 2 aromatic carbocycles. The molecule has 2 aromatic heterocycles. The molecule has 7 bridgehead atoms. The normalized spacial score (nSPS) is 26.7. The fourth-order valence-electron chi connectivity index (χ4n) is 11.6. The smallest absolute Gasteiger partial charge is 0.258 e. The van der Waals surface area contributed by atoms with Crippen LogP contribution in [0.25, 0.3) is 27.9 Å². The lowest BCUT2D eigenvalue weighted by Gasteiger charge is -2.36. The molecule has 9 rings (SSSR count). The molecular weight excluding hydrogens is 1120 g/mol. The van der Waals surface area contributed by atoms with Crippen LogP contribution >= 0.6 is 15.9 Å². The largest absolute Gasteiger partial charge is 0.347 e. The highest BCUT2D eigenvalue weighted by Crippen LogP contribution is 2.37. The van der Waals surface area contributed by atoms with E-state index in [1.807, 2.05) is 128 Å². The minimum atomic E-state index is -0.850. The zero-order valence-corrected chi connectivity index (χ0v) is 51.0. The van der Waals surface area contributed by atoms with E-state index in [9.17, 15) is 38.4 Å². The van der Waals surface area contributed by atoms with Gasteiger partial charge >= 0.3 is 0 Å². The second-order valence-corrected chi connectivity index (χ2v) is 25.0. The van der Waals surface area contributed by atoms with E-state index >= 15 is 0 Å². The Bertz CT molecular complexity index is 3210. The van der Waals surface area contributed by atoms with Gasteiger partial charge in [-0.2, -0.15) is 0 Å². The molecule has 5 aliphatic rings. The van der Waals surface area contributed by atoms with Gasteiger partial charge in [0.1, 0.15) is 36.3 Å². The fourth-order valence-corrected chi connectivity index (χ4v) is 12.0. The quantitative estimate of drug-likeness (QED) is 0.0955. The Kier molecular flexibility index (Phi) is 19.3. The van der Waals surface area contributed by atoms with E-state index in [1.165, 1.54) is 10.0 Å². The van der Waals surface area contributed by atoms with E-state index in [1.54, 1.807) is 29.7 Å². The van der Waals surface area contributed by atoms with Crippen molar-refractivity contribution in [3.8, 4) is 0 Å². The summed E-state index contributed by atoms with van der Waals surface area (Å²) >= 11 is 3.47. The molecule has 7 heterocycles. The van der Waals surface area contributed by atoms with E-state index in [0.29, 0.717) is 64.7 Å². The number of rotatable bonds is 10. The average Bonchev–Trinajstić information content (AvgIpc) is 3.69. The molecule has 2 unspecified atom stereocenters. The Labute approximate surface area is 494 Å². The third-order valence-corrected chi connectivity index (χ3v) is 17.3. The molecule has 6 N–H and O–H groups in total. The van der Waals surface area contributed by atoms with E-state index < -0.39 is 47.1 Å². The fraction of sp³-hybridized carbons (Fsp3) is 0.516. The zero-order chi connectivity index (χ0) is 60.2. The molecular formula is C62H81BrN12O8. The first-order chi connectivity index (χ1) is 39.3. The first kappa shape index (κ1) is 62.0. The van der Waals surface area contributed by atoms with Gasteiger partial charge in [-0.3, -0.25) is 58.3 Å². The molecule has 4 aromatic rings. The molecule has 83 heavy (non-hydrogen) atoms. The summed E-state index contributed by atoms with van der Waals surface area (Å²) in [5, 5.41) is 16.5. The number of hydrogen-bond acceptors (Lipinski definition) is 12. The average molecular weight is 1200 g/mol. The highest BCUT2D eigenvalue weighted by atomic mass is 79.9. The van der Waals surface area contributed by atoms with Gasteiger partial charge < -0.3 is 31.1 Å². The van der Waals surface area contributed by atoms with Crippen molar-refractivity contribution in [3.05, 3.63) is 101 Å². The number of nitrogens with one attached hydrogen (secondary N) is 6. The molecule has 21 heteroatoms. The van der Waals surface area contributed by atoms with Crippen molar-refractivity contribution in [2.45, 2.75) is 156 Å². The SMILES string of the molecule is C=CC1(C)CCN([C@H](C(=O)N[C@@H](C)C(=O)N2CCC[C@@H](C(=O)N[C@H](C)c3ccc4ccc(Br)cc4n3)N2)C(C)C)C1=O.CC(C)[C@H]1C(=O)N[C@@H](C)C(=O)N2CCC[C@H](N2)C(=O)N[C@H](C)c2ccc3ccc(cc3n2)/C=C/C2(C)CCN1C2=O. The number of hydrazine groups is 2.